The van der Waals surface area contributed by atoms with Crippen LogP contribution in [-0.4, -0.2) is 10.3 Å². The fourth-order valence-corrected chi connectivity index (χ4v) is 1.81. The highest BCUT2D eigenvalue weighted by molar-refractivity contribution is 7.10. The van der Waals surface area contributed by atoms with Gasteiger partial charge in [-0.1, -0.05) is 6.07 Å². The van der Waals surface area contributed by atoms with Gasteiger partial charge in [-0.25, -0.2) is 4.79 Å². The van der Waals surface area contributed by atoms with E-state index in [0.717, 1.165) is 29.7 Å². The first-order valence-electron chi connectivity index (χ1n) is 4.97. The van der Waals surface area contributed by atoms with Gasteiger partial charge in [0.25, 0.3) is 0 Å². The SMILES string of the molecule is Nc1sncc1C(=O)Oc1cccc(C(F)(F)F)c1. The van der Waals surface area contributed by atoms with Gasteiger partial charge in [0.05, 0.1) is 11.8 Å². The molecular weight excluding hydrogens is 281 g/mol. The molecule has 0 saturated heterocycles. The maximum absolute atomic E-state index is 12.5. The quantitative estimate of drug-likeness (QED) is 0.681. The Labute approximate surface area is 109 Å². The first-order chi connectivity index (χ1) is 8.88. The molecule has 1 heterocycles. The number of hydrogen-bond donors (Lipinski definition) is 1. The highest BCUT2D eigenvalue weighted by Crippen LogP contribution is 2.31. The summed E-state index contributed by atoms with van der Waals surface area (Å²) in [5.74, 6) is -1.05. The summed E-state index contributed by atoms with van der Waals surface area (Å²) in [6, 6.07) is 4.04. The second-order valence-electron chi connectivity index (χ2n) is 3.52. The van der Waals surface area contributed by atoms with Crippen molar-refractivity contribution in [1.82, 2.24) is 4.37 Å². The van der Waals surface area contributed by atoms with E-state index in [0.29, 0.717) is 0 Å². The Bertz CT molecular complexity index is 610. The highest BCUT2D eigenvalue weighted by atomic mass is 32.1. The lowest BCUT2D eigenvalue weighted by atomic mass is 10.2. The second-order valence-corrected chi connectivity index (χ2v) is 4.35. The van der Waals surface area contributed by atoms with Crippen molar-refractivity contribution in [2.45, 2.75) is 6.18 Å². The Morgan fingerprint density at radius 2 is 2.11 bits per heavy atom. The Morgan fingerprint density at radius 1 is 1.37 bits per heavy atom. The average Bonchev–Trinajstić information content (AvgIpc) is 2.75. The molecule has 0 aliphatic heterocycles. The van der Waals surface area contributed by atoms with Crippen molar-refractivity contribution < 1.29 is 22.7 Å². The average molecular weight is 288 g/mol. The van der Waals surface area contributed by atoms with Gasteiger partial charge in [0, 0.05) is 0 Å². The van der Waals surface area contributed by atoms with Crippen molar-refractivity contribution in [3.63, 3.8) is 0 Å². The molecular formula is C11H7F3N2O2S. The maximum Gasteiger partial charge on any atom is 0.416 e. The van der Waals surface area contributed by atoms with E-state index in [1.807, 2.05) is 0 Å². The number of halogens is 3. The molecule has 2 aromatic rings. The van der Waals surface area contributed by atoms with Crippen LogP contribution in [0.25, 0.3) is 0 Å². The number of hydrogen-bond acceptors (Lipinski definition) is 5. The molecule has 8 heteroatoms. The minimum atomic E-state index is -4.49. The minimum absolute atomic E-state index is 0.0300. The highest BCUT2D eigenvalue weighted by Gasteiger charge is 2.30. The van der Waals surface area contributed by atoms with E-state index < -0.39 is 17.7 Å². The first-order valence-corrected chi connectivity index (χ1v) is 5.75. The lowest BCUT2D eigenvalue weighted by Crippen LogP contribution is -2.10. The lowest BCUT2D eigenvalue weighted by molar-refractivity contribution is -0.137. The van der Waals surface area contributed by atoms with Crippen LogP contribution < -0.4 is 10.5 Å². The van der Waals surface area contributed by atoms with Gasteiger partial charge >= 0.3 is 12.1 Å². The van der Waals surface area contributed by atoms with Gasteiger partial charge in [0.2, 0.25) is 0 Å². The number of carbonyl (C=O) groups is 1. The zero-order chi connectivity index (χ0) is 14.0. The minimum Gasteiger partial charge on any atom is -0.423 e. The van der Waals surface area contributed by atoms with Gasteiger partial charge in [0.15, 0.2) is 0 Å². The normalized spacial score (nSPS) is 11.3. The molecule has 0 fully saturated rings. The van der Waals surface area contributed by atoms with Crippen LogP contribution in [0, 0.1) is 0 Å². The van der Waals surface area contributed by atoms with E-state index >= 15 is 0 Å². The molecule has 0 atom stereocenters. The third kappa shape index (κ3) is 3.02. The molecule has 19 heavy (non-hydrogen) atoms. The molecule has 0 aliphatic carbocycles. The summed E-state index contributed by atoms with van der Waals surface area (Å²) in [5.41, 5.74) is 4.61. The molecule has 100 valence electrons. The van der Waals surface area contributed by atoms with E-state index in [9.17, 15) is 18.0 Å². The molecule has 1 aromatic carbocycles. The van der Waals surface area contributed by atoms with Gasteiger partial charge in [-0.2, -0.15) is 17.5 Å². The number of carbonyl (C=O) groups excluding carboxylic acids is 1. The van der Waals surface area contributed by atoms with Crippen LogP contribution in [0.2, 0.25) is 0 Å². The summed E-state index contributed by atoms with van der Waals surface area (Å²) in [4.78, 5) is 11.6. The van der Waals surface area contributed by atoms with Gasteiger partial charge in [-0.05, 0) is 29.7 Å². The largest absolute Gasteiger partial charge is 0.423 e. The van der Waals surface area contributed by atoms with Crippen molar-refractivity contribution in [1.29, 1.82) is 0 Å². The van der Waals surface area contributed by atoms with Gasteiger partial charge in [-0.3, -0.25) is 0 Å². The maximum atomic E-state index is 12.5. The number of ether oxygens (including phenoxy) is 1. The molecule has 0 amide bonds. The summed E-state index contributed by atoms with van der Waals surface area (Å²) < 4.78 is 45.9. The number of esters is 1. The number of benzene rings is 1. The Kier molecular flexibility index (Phi) is 3.43. The zero-order valence-corrected chi connectivity index (χ0v) is 10.1. The third-order valence-corrected chi connectivity index (χ3v) is 2.82. The fraction of sp³-hybridized carbons (Fsp3) is 0.0909. The lowest BCUT2D eigenvalue weighted by Gasteiger charge is -2.08. The van der Waals surface area contributed by atoms with E-state index in [1.165, 1.54) is 12.3 Å². The summed E-state index contributed by atoms with van der Waals surface area (Å²) in [6.07, 6.45) is -3.29. The summed E-state index contributed by atoms with van der Waals surface area (Å²) in [6.45, 7) is 0. The topological polar surface area (TPSA) is 65.2 Å². The van der Waals surface area contributed by atoms with E-state index in [1.54, 1.807) is 0 Å². The Balaban J connectivity index is 2.21. The monoisotopic (exact) mass is 288 g/mol. The number of nitrogen functional groups attached to an aromatic ring is 1. The summed E-state index contributed by atoms with van der Waals surface area (Å²) in [5, 5.41) is 0.150. The van der Waals surface area contributed by atoms with Crippen LogP contribution in [0.3, 0.4) is 0 Å². The van der Waals surface area contributed by atoms with E-state index in [-0.39, 0.29) is 16.3 Å². The molecule has 0 bridgehead atoms. The van der Waals surface area contributed by atoms with E-state index in [4.69, 9.17) is 10.5 Å². The van der Waals surface area contributed by atoms with Gasteiger partial charge in [-0.15, -0.1) is 0 Å². The van der Waals surface area contributed by atoms with Crippen LogP contribution in [0.1, 0.15) is 15.9 Å². The van der Waals surface area contributed by atoms with E-state index in [2.05, 4.69) is 4.37 Å². The van der Waals surface area contributed by atoms with Crippen LogP contribution in [0.5, 0.6) is 5.75 Å². The number of rotatable bonds is 2. The summed E-state index contributed by atoms with van der Waals surface area (Å²) in [7, 11) is 0. The van der Waals surface area contributed by atoms with Gasteiger partial charge < -0.3 is 10.5 Å². The summed E-state index contributed by atoms with van der Waals surface area (Å²) >= 11 is 0.898. The standard InChI is InChI=1S/C11H7F3N2O2S/c12-11(13,14)6-2-1-3-7(4-6)18-10(17)8-5-16-19-9(8)15/h1-5H,15H2. The molecule has 0 radical (unpaired) electrons. The number of alkyl halides is 3. The van der Waals surface area contributed by atoms with Crippen LogP contribution >= 0.6 is 11.5 Å². The molecule has 0 saturated carbocycles. The second kappa shape index (κ2) is 4.88. The van der Waals surface area contributed by atoms with Gasteiger partial charge in [0.1, 0.15) is 16.3 Å². The molecule has 2 N–H and O–H groups in total. The Morgan fingerprint density at radius 3 is 2.68 bits per heavy atom. The van der Waals surface area contributed by atoms with Crippen molar-refractivity contribution in [3.05, 3.63) is 41.6 Å². The van der Waals surface area contributed by atoms with Crippen molar-refractivity contribution >= 4 is 22.5 Å². The van der Waals surface area contributed by atoms with Crippen LogP contribution in [0.4, 0.5) is 18.2 Å². The van der Waals surface area contributed by atoms with Crippen molar-refractivity contribution in [2.24, 2.45) is 0 Å². The number of nitrogens with zero attached hydrogens (tertiary/aromatic N) is 1. The molecule has 0 spiro atoms. The molecule has 4 nitrogen and oxygen atoms in total. The van der Waals surface area contributed by atoms with Crippen molar-refractivity contribution in [2.75, 3.05) is 5.73 Å². The number of aromatic nitrogens is 1. The molecule has 2 rings (SSSR count). The van der Waals surface area contributed by atoms with Crippen molar-refractivity contribution in [3.8, 4) is 5.75 Å². The predicted molar refractivity (Wildman–Crippen MR) is 62.9 cm³/mol. The smallest absolute Gasteiger partial charge is 0.416 e. The zero-order valence-electron chi connectivity index (χ0n) is 9.27. The molecule has 0 unspecified atom stereocenters. The number of anilines is 1. The number of nitrogens with two attached hydrogens (primary N) is 1. The van der Waals surface area contributed by atoms with Crippen LogP contribution in [-0.2, 0) is 6.18 Å². The van der Waals surface area contributed by atoms with Crippen LogP contribution in [0.15, 0.2) is 30.5 Å². The fourth-order valence-electron chi connectivity index (χ4n) is 1.30. The predicted octanol–water partition coefficient (Wildman–Crippen LogP) is 2.96. The third-order valence-electron chi connectivity index (χ3n) is 2.19. The first kappa shape index (κ1) is 13.3. The molecule has 1 aromatic heterocycles. The molecule has 0 aliphatic rings. The Hall–Kier alpha value is -2.09.